The molecule has 2 amide bonds. The van der Waals surface area contributed by atoms with E-state index in [1.165, 1.54) is 11.3 Å². The molecule has 1 saturated heterocycles. The molecule has 2 aromatic carbocycles. The first-order valence-corrected chi connectivity index (χ1v) is 12.0. The number of benzene rings is 2. The number of ether oxygens (including phenoxy) is 1. The van der Waals surface area contributed by atoms with Crippen LogP contribution in [0.25, 0.3) is 0 Å². The van der Waals surface area contributed by atoms with Crippen molar-refractivity contribution >= 4 is 28.8 Å². The Morgan fingerprint density at radius 3 is 2.58 bits per heavy atom. The van der Waals surface area contributed by atoms with E-state index in [0.29, 0.717) is 22.8 Å². The van der Waals surface area contributed by atoms with Crippen molar-refractivity contribution in [1.82, 2.24) is 10.3 Å². The molecule has 1 N–H and O–H groups in total. The minimum absolute atomic E-state index is 0.0138. The maximum absolute atomic E-state index is 14.0. The molecular formula is C26H29N3O3S. The maximum Gasteiger partial charge on any atom is 0.271 e. The highest BCUT2D eigenvalue weighted by Gasteiger charge is 2.35. The highest BCUT2D eigenvalue weighted by molar-refractivity contribution is 7.13. The van der Waals surface area contributed by atoms with E-state index in [2.05, 4.69) is 10.3 Å². The summed E-state index contributed by atoms with van der Waals surface area (Å²) in [7, 11) is 0. The Morgan fingerprint density at radius 2 is 1.94 bits per heavy atom. The normalized spacial score (nSPS) is 16.4. The van der Waals surface area contributed by atoms with E-state index in [0.717, 1.165) is 35.6 Å². The third kappa shape index (κ3) is 5.31. The summed E-state index contributed by atoms with van der Waals surface area (Å²) in [6.07, 6.45) is 1.94. The minimum atomic E-state index is -0.830. The van der Waals surface area contributed by atoms with Gasteiger partial charge in [-0.15, -0.1) is 11.3 Å². The molecule has 0 bridgehead atoms. The summed E-state index contributed by atoms with van der Waals surface area (Å²) in [5.74, 6) is -0.463. The predicted octanol–water partition coefficient (Wildman–Crippen LogP) is 4.75. The van der Waals surface area contributed by atoms with E-state index in [1.807, 2.05) is 75.4 Å². The lowest BCUT2D eigenvalue weighted by molar-refractivity contribution is -0.123. The van der Waals surface area contributed by atoms with Gasteiger partial charge in [-0.25, -0.2) is 4.98 Å². The molecule has 172 valence electrons. The molecule has 1 aromatic heterocycles. The lowest BCUT2D eigenvalue weighted by Crippen LogP contribution is -2.45. The molecule has 2 heterocycles. The van der Waals surface area contributed by atoms with Crippen LogP contribution in [0.15, 0.2) is 54.6 Å². The van der Waals surface area contributed by atoms with Crippen LogP contribution < -0.4 is 10.2 Å². The molecule has 0 radical (unpaired) electrons. The lowest BCUT2D eigenvalue weighted by Gasteiger charge is -2.32. The molecule has 1 aliphatic rings. The topological polar surface area (TPSA) is 71.5 Å². The second-order valence-corrected chi connectivity index (χ2v) is 9.56. The Bertz CT molecular complexity index is 1120. The second kappa shape index (κ2) is 10.3. The highest BCUT2D eigenvalue weighted by Crippen LogP contribution is 2.32. The van der Waals surface area contributed by atoms with Gasteiger partial charge >= 0.3 is 0 Å². The molecule has 1 fully saturated rings. The first kappa shape index (κ1) is 23.1. The fraction of sp³-hybridized carbons (Fsp3) is 0.346. The lowest BCUT2D eigenvalue weighted by atomic mass is 10.0. The van der Waals surface area contributed by atoms with Crippen molar-refractivity contribution in [3.05, 3.63) is 81.3 Å². The average Bonchev–Trinajstić information content (AvgIpc) is 3.45. The Balaban J connectivity index is 1.77. The minimum Gasteiger partial charge on any atom is -0.376 e. The summed E-state index contributed by atoms with van der Waals surface area (Å²) in [5.41, 5.74) is 3.10. The number of carbonyl (C=O) groups is 2. The second-order valence-electron chi connectivity index (χ2n) is 8.35. The van der Waals surface area contributed by atoms with Crippen molar-refractivity contribution in [3.8, 4) is 0 Å². The SMILES string of the molecule is Cc1cccc(N(C(=O)c2sc(C)nc2C)[C@H](C(=O)NC[C@H]2CCCO2)c2ccccc2)c1. The first-order valence-electron chi connectivity index (χ1n) is 11.2. The third-order valence-electron chi connectivity index (χ3n) is 5.75. The zero-order valence-electron chi connectivity index (χ0n) is 19.2. The van der Waals surface area contributed by atoms with Crippen LogP contribution in [0.4, 0.5) is 5.69 Å². The molecule has 0 spiro atoms. The van der Waals surface area contributed by atoms with Crippen LogP contribution in [0.1, 0.15) is 50.4 Å². The van der Waals surface area contributed by atoms with Crippen LogP contribution in [0.3, 0.4) is 0 Å². The summed E-state index contributed by atoms with van der Waals surface area (Å²) in [4.78, 5) is 34.2. The van der Waals surface area contributed by atoms with Gasteiger partial charge in [0.05, 0.1) is 16.8 Å². The van der Waals surface area contributed by atoms with Crippen LogP contribution in [0.2, 0.25) is 0 Å². The number of nitrogens with zero attached hydrogens (tertiary/aromatic N) is 2. The summed E-state index contributed by atoms with van der Waals surface area (Å²) in [6, 6.07) is 16.3. The number of aromatic nitrogens is 1. The number of amides is 2. The van der Waals surface area contributed by atoms with Gasteiger partial charge in [0.15, 0.2) is 0 Å². The van der Waals surface area contributed by atoms with Crippen LogP contribution >= 0.6 is 11.3 Å². The molecule has 0 aliphatic carbocycles. The summed E-state index contributed by atoms with van der Waals surface area (Å²) >= 11 is 1.35. The number of anilines is 1. The van der Waals surface area contributed by atoms with E-state index >= 15 is 0 Å². The van der Waals surface area contributed by atoms with Crippen LogP contribution in [-0.4, -0.2) is 36.1 Å². The van der Waals surface area contributed by atoms with Crippen molar-refractivity contribution in [2.45, 2.75) is 45.8 Å². The van der Waals surface area contributed by atoms with Gasteiger partial charge in [-0.3, -0.25) is 14.5 Å². The third-order valence-corrected chi connectivity index (χ3v) is 6.81. The van der Waals surface area contributed by atoms with Crippen molar-refractivity contribution in [2.24, 2.45) is 0 Å². The summed E-state index contributed by atoms with van der Waals surface area (Å²) < 4.78 is 5.68. The first-order chi connectivity index (χ1) is 15.9. The zero-order chi connectivity index (χ0) is 23.4. The molecular weight excluding hydrogens is 434 g/mol. The Morgan fingerprint density at radius 1 is 1.15 bits per heavy atom. The van der Waals surface area contributed by atoms with Gasteiger partial charge < -0.3 is 10.1 Å². The van der Waals surface area contributed by atoms with Gasteiger partial charge in [0.1, 0.15) is 10.9 Å². The van der Waals surface area contributed by atoms with Gasteiger partial charge in [0.25, 0.3) is 5.91 Å². The monoisotopic (exact) mass is 463 g/mol. The van der Waals surface area contributed by atoms with E-state index in [4.69, 9.17) is 4.74 Å². The Hall–Kier alpha value is -3.03. The van der Waals surface area contributed by atoms with Gasteiger partial charge in [-0.1, -0.05) is 42.5 Å². The zero-order valence-corrected chi connectivity index (χ0v) is 20.0. The molecule has 0 saturated carbocycles. The molecule has 6 nitrogen and oxygen atoms in total. The average molecular weight is 464 g/mol. The quantitative estimate of drug-likeness (QED) is 0.549. The fourth-order valence-corrected chi connectivity index (χ4v) is 5.03. The van der Waals surface area contributed by atoms with E-state index in [-0.39, 0.29) is 17.9 Å². The molecule has 33 heavy (non-hydrogen) atoms. The van der Waals surface area contributed by atoms with Crippen molar-refractivity contribution < 1.29 is 14.3 Å². The molecule has 4 rings (SSSR count). The molecule has 7 heteroatoms. The van der Waals surface area contributed by atoms with Crippen LogP contribution in [-0.2, 0) is 9.53 Å². The van der Waals surface area contributed by atoms with Gasteiger partial charge in [-0.2, -0.15) is 0 Å². The Kier molecular flexibility index (Phi) is 7.20. The number of nitrogens with one attached hydrogen (secondary N) is 1. The predicted molar refractivity (Wildman–Crippen MR) is 131 cm³/mol. The summed E-state index contributed by atoms with van der Waals surface area (Å²) in [5, 5.41) is 3.86. The molecule has 0 unspecified atom stereocenters. The van der Waals surface area contributed by atoms with Crippen molar-refractivity contribution in [3.63, 3.8) is 0 Å². The van der Waals surface area contributed by atoms with Crippen molar-refractivity contribution in [2.75, 3.05) is 18.1 Å². The standard InChI is InChI=1S/C26H29N3O3S/c1-17-9-7-12-21(15-17)29(26(31)24-18(2)28-19(3)33-24)23(20-10-5-4-6-11-20)25(30)27-16-22-13-8-14-32-22/h4-7,9-12,15,22-23H,8,13-14,16H2,1-3H3,(H,27,30)/t22-,23+/m1/s1. The molecule has 1 aliphatic heterocycles. The summed E-state index contributed by atoms with van der Waals surface area (Å²) in [6.45, 7) is 6.84. The van der Waals surface area contributed by atoms with E-state index in [9.17, 15) is 9.59 Å². The van der Waals surface area contributed by atoms with Gasteiger partial charge in [0.2, 0.25) is 5.91 Å². The van der Waals surface area contributed by atoms with Crippen LogP contribution in [0, 0.1) is 20.8 Å². The number of hydrogen-bond acceptors (Lipinski definition) is 5. The number of hydrogen-bond donors (Lipinski definition) is 1. The molecule has 2 atom stereocenters. The smallest absolute Gasteiger partial charge is 0.271 e. The number of rotatable bonds is 7. The fourth-order valence-electron chi connectivity index (χ4n) is 4.17. The molecule has 3 aromatic rings. The largest absolute Gasteiger partial charge is 0.376 e. The highest BCUT2D eigenvalue weighted by atomic mass is 32.1. The number of aryl methyl sites for hydroxylation is 3. The van der Waals surface area contributed by atoms with Gasteiger partial charge in [-0.05, 0) is 56.9 Å². The van der Waals surface area contributed by atoms with E-state index < -0.39 is 6.04 Å². The van der Waals surface area contributed by atoms with Crippen LogP contribution in [0.5, 0.6) is 0 Å². The maximum atomic E-state index is 14.0. The number of carbonyl (C=O) groups excluding carboxylic acids is 2. The van der Waals surface area contributed by atoms with Crippen molar-refractivity contribution in [1.29, 1.82) is 0 Å². The Labute approximate surface area is 198 Å². The van der Waals surface area contributed by atoms with E-state index in [1.54, 1.807) is 4.90 Å². The van der Waals surface area contributed by atoms with Gasteiger partial charge in [0, 0.05) is 18.8 Å². The number of thiazole rings is 1.